The molecule has 3 nitrogen and oxygen atoms in total. The Kier molecular flexibility index (Phi) is 5.17. The van der Waals surface area contributed by atoms with Crippen LogP contribution in [0.5, 0.6) is 5.75 Å². The highest BCUT2D eigenvalue weighted by atomic mass is 16.3. The summed E-state index contributed by atoms with van der Waals surface area (Å²) in [5, 5.41) is 23.0. The number of rotatable bonds is 6. The summed E-state index contributed by atoms with van der Waals surface area (Å²) in [4.78, 5) is 0. The molecule has 0 amide bonds. The van der Waals surface area contributed by atoms with Crippen molar-refractivity contribution in [3.05, 3.63) is 28.8 Å². The van der Waals surface area contributed by atoms with Crippen molar-refractivity contribution in [1.82, 2.24) is 5.32 Å². The van der Waals surface area contributed by atoms with Gasteiger partial charge in [0.2, 0.25) is 0 Å². The van der Waals surface area contributed by atoms with Gasteiger partial charge in [0.25, 0.3) is 0 Å². The molecular weight excluding hydrogens is 226 g/mol. The lowest BCUT2D eigenvalue weighted by molar-refractivity contribution is 0.0498. The smallest absolute Gasteiger partial charge is 0.121 e. The van der Waals surface area contributed by atoms with Crippen LogP contribution in [0.1, 0.15) is 43.4 Å². The van der Waals surface area contributed by atoms with Crippen LogP contribution < -0.4 is 5.32 Å². The summed E-state index contributed by atoms with van der Waals surface area (Å²) >= 11 is 0. The number of aryl methyl sites for hydroxylation is 2. The molecule has 0 radical (unpaired) electrons. The molecule has 0 bridgehead atoms. The molecule has 0 aliphatic carbocycles. The van der Waals surface area contributed by atoms with Crippen molar-refractivity contribution >= 4 is 0 Å². The van der Waals surface area contributed by atoms with Crippen molar-refractivity contribution < 1.29 is 10.2 Å². The summed E-state index contributed by atoms with van der Waals surface area (Å²) in [6.45, 7) is 9.03. The Labute approximate surface area is 110 Å². The van der Waals surface area contributed by atoms with Crippen LogP contribution in [0.2, 0.25) is 0 Å². The first-order valence-corrected chi connectivity index (χ1v) is 6.58. The van der Waals surface area contributed by atoms with Crippen LogP contribution in [0.3, 0.4) is 0 Å². The molecule has 1 unspecified atom stereocenters. The first-order valence-electron chi connectivity index (χ1n) is 6.58. The van der Waals surface area contributed by atoms with Crippen molar-refractivity contribution in [2.24, 2.45) is 0 Å². The highest BCUT2D eigenvalue weighted by molar-refractivity contribution is 5.42. The first kappa shape index (κ1) is 15.0. The number of aliphatic hydroxyl groups is 1. The van der Waals surface area contributed by atoms with E-state index in [-0.39, 0.29) is 0 Å². The largest absolute Gasteiger partial charge is 0.507 e. The molecule has 1 atom stereocenters. The Balaban J connectivity index is 2.54. The average Bonchev–Trinajstić information content (AvgIpc) is 2.25. The fourth-order valence-electron chi connectivity index (χ4n) is 2.25. The Bertz CT molecular complexity index is 376. The molecule has 1 aromatic carbocycles. The molecular formula is C15H25NO2. The fraction of sp³-hybridized carbons (Fsp3) is 0.600. The number of aromatic hydroxyl groups is 1. The molecule has 0 spiro atoms. The number of phenolic OH excluding ortho intramolecular Hbond substituents is 1. The fourth-order valence-corrected chi connectivity index (χ4v) is 2.25. The van der Waals surface area contributed by atoms with Crippen molar-refractivity contribution in [1.29, 1.82) is 0 Å². The van der Waals surface area contributed by atoms with Crippen LogP contribution in [0, 0.1) is 13.8 Å². The molecule has 0 saturated carbocycles. The minimum Gasteiger partial charge on any atom is -0.507 e. The number of hydrogen-bond donors (Lipinski definition) is 3. The van der Waals surface area contributed by atoms with E-state index >= 15 is 0 Å². The van der Waals surface area contributed by atoms with Gasteiger partial charge in [-0.05, 0) is 43.9 Å². The van der Waals surface area contributed by atoms with E-state index in [2.05, 4.69) is 12.2 Å². The van der Waals surface area contributed by atoms with Crippen molar-refractivity contribution in [3.8, 4) is 5.75 Å². The monoisotopic (exact) mass is 251 g/mol. The average molecular weight is 251 g/mol. The molecule has 0 heterocycles. The van der Waals surface area contributed by atoms with Crippen LogP contribution >= 0.6 is 0 Å². The lowest BCUT2D eigenvalue weighted by Crippen LogP contribution is -2.37. The number of benzene rings is 1. The molecule has 0 saturated heterocycles. The Morgan fingerprint density at radius 3 is 2.28 bits per heavy atom. The Hall–Kier alpha value is -1.06. The maximum absolute atomic E-state index is 10.0. The van der Waals surface area contributed by atoms with Gasteiger partial charge in [-0.2, -0.15) is 0 Å². The molecule has 0 aromatic heterocycles. The maximum atomic E-state index is 10.0. The zero-order valence-electron chi connectivity index (χ0n) is 11.9. The lowest BCUT2D eigenvalue weighted by atomic mass is 10.0. The number of hydrogen-bond acceptors (Lipinski definition) is 3. The SMILES string of the molecule is CCCC(C)(O)CNCc1cc(C)c(O)c(C)c1. The van der Waals surface area contributed by atoms with E-state index in [1.165, 1.54) is 0 Å². The van der Waals surface area contributed by atoms with Gasteiger partial charge < -0.3 is 15.5 Å². The normalized spacial score (nSPS) is 14.5. The minimum absolute atomic E-state index is 0.372. The van der Waals surface area contributed by atoms with Gasteiger partial charge in [0.1, 0.15) is 5.75 Å². The predicted octanol–water partition coefficient (Wildman–Crippen LogP) is 2.65. The van der Waals surface area contributed by atoms with E-state index in [0.29, 0.717) is 18.8 Å². The summed E-state index contributed by atoms with van der Waals surface area (Å²) in [6.07, 6.45) is 1.78. The summed E-state index contributed by atoms with van der Waals surface area (Å²) in [7, 11) is 0. The van der Waals surface area contributed by atoms with E-state index in [4.69, 9.17) is 0 Å². The molecule has 3 heteroatoms. The highest BCUT2D eigenvalue weighted by Crippen LogP contribution is 2.22. The van der Waals surface area contributed by atoms with Crippen molar-refractivity contribution in [3.63, 3.8) is 0 Å². The van der Waals surface area contributed by atoms with Gasteiger partial charge in [-0.3, -0.25) is 0 Å². The van der Waals surface area contributed by atoms with Crippen LogP contribution in [-0.2, 0) is 6.54 Å². The van der Waals surface area contributed by atoms with Crippen molar-refractivity contribution in [2.75, 3.05) is 6.54 Å². The molecule has 0 aliphatic heterocycles. The maximum Gasteiger partial charge on any atom is 0.121 e. The molecule has 0 aliphatic rings. The van der Waals surface area contributed by atoms with E-state index in [0.717, 1.165) is 29.5 Å². The van der Waals surface area contributed by atoms with E-state index in [1.54, 1.807) is 0 Å². The summed E-state index contributed by atoms with van der Waals surface area (Å²) in [6, 6.07) is 3.95. The van der Waals surface area contributed by atoms with E-state index in [9.17, 15) is 10.2 Å². The minimum atomic E-state index is -0.643. The molecule has 1 aromatic rings. The number of phenols is 1. The van der Waals surface area contributed by atoms with E-state index < -0.39 is 5.60 Å². The molecule has 1 rings (SSSR count). The zero-order chi connectivity index (χ0) is 13.8. The number of nitrogens with one attached hydrogen (secondary N) is 1. The third-order valence-electron chi connectivity index (χ3n) is 3.17. The van der Waals surface area contributed by atoms with Gasteiger partial charge in [-0.25, -0.2) is 0 Å². The summed E-state index contributed by atoms with van der Waals surface area (Å²) in [5.74, 6) is 0.372. The quantitative estimate of drug-likeness (QED) is 0.728. The van der Waals surface area contributed by atoms with Gasteiger partial charge in [0.05, 0.1) is 5.60 Å². The van der Waals surface area contributed by atoms with Gasteiger partial charge >= 0.3 is 0 Å². The first-order chi connectivity index (χ1) is 8.35. The van der Waals surface area contributed by atoms with Crippen LogP contribution in [0.4, 0.5) is 0 Å². The Morgan fingerprint density at radius 1 is 1.22 bits per heavy atom. The van der Waals surface area contributed by atoms with Gasteiger partial charge in [0, 0.05) is 13.1 Å². The predicted molar refractivity (Wildman–Crippen MR) is 74.8 cm³/mol. The van der Waals surface area contributed by atoms with Gasteiger partial charge in [-0.15, -0.1) is 0 Å². The lowest BCUT2D eigenvalue weighted by Gasteiger charge is -2.23. The van der Waals surface area contributed by atoms with Crippen molar-refractivity contribution in [2.45, 2.75) is 52.7 Å². The standard InChI is InChI=1S/C15H25NO2/c1-5-6-15(4,18)10-16-9-13-7-11(2)14(17)12(3)8-13/h7-8,16-18H,5-6,9-10H2,1-4H3. The highest BCUT2D eigenvalue weighted by Gasteiger charge is 2.18. The van der Waals surface area contributed by atoms with Crippen LogP contribution in [0.15, 0.2) is 12.1 Å². The second kappa shape index (κ2) is 6.21. The molecule has 0 fully saturated rings. The molecule has 3 N–H and O–H groups in total. The van der Waals surface area contributed by atoms with Gasteiger partial charge in [-0.1, -0.05) is 25.5 Å². The summed E-state index contributed by atoms with van der Waals surface area (Å²) in [5.41, 5.74) is 2.28. The van der Waals surface area contributed by atoms with Crippen LogP contribution in [0.25, 0.3) is 0 Å². The second-order valence-electron chi connectivity index (χ2n) is 5.43. The third-order valence-corrected chi connectivity index (χ3v) is 3.17. The third kappa shape index (κ3) is 4.31. The van der Waals surface area contributed by atoms with Crippen LogP contribution in [-0.4, -0.2) is 22.4 Å². The summed E-state index contributed by atoms with van der Waals surface area (Å²) < 4.78 is 0. The van der Waals surface area contributed by atoms with Gasteiger partial charge in [0.15, 0.2) is 0 Å². The molecule has 102 valence electrons. The second-order valence-corrected chi connectivity index (χ2v) is 5.43. The Morgan fingerprint density at radius 2 is 1.78 bits per heavy atom. The topological polar surface area (TPSA) is 52.5 Å². The zero-order valence-corrected chi connectivity index (χ0v) is 11.9. The molecule has 18 heavy (non-hydrogen) atoms. The van der Waals surface area contributed by atoms with E-state index in [1.807, 2.05) is 32.9 Å².